The van der Waals surface area contributed by atoms with Gasteiger partial charge in [0, 0.05) is 25.5 Å². The highest BCUT2D eigenvalue weighted by molar-refractivity contribution is 5.79. The van der Waals surface area contributed by atoms with Gasteiger partial charge in [0.2, 0.25) is 5.91 Å². The molecule has 1 aliphatic rings. The maximum atomic E-state index is 11.9. The number of hydrogen-bond acceptors (Lipinski definition) is 3. The van der Waals surface area contributed by atoms with Gasteiger partial charge in [0.05, 0.1) is 6.42 Å². The smallest absolute Gasteiger partial charge is 0.227 e. The molecule has 2 rings (SSSR count). The third-order valence-corrected chi connectivity index (χ3v) is 3.08. The number of hydrogen-bond donors (Lipinski definition) is 1. The normalized spacial score (nSPS) is 20.1. The molecule has 1 aromatic rings. The lowest BCUT2D eigenvalue weighted by Crippen LogP contribution is -2.31. The van der Waals surface area contributed by atoms with E-state index < -0.39 is 0 Å². The first kappa shape index (κ1) is 11.1. The Balaban J connectivity index is 1.90. The number of pyridine rings is 1. The first-order valence-electron chi connectivity index (χ1n) is 5.66. The van der Waals surface area contributed by atoms with Gasteiger partial charge in [-0.25, -0.2) is 0 Å². The van der Waals surface area contributed by atoms with Crippen molar-refractivity contribution in [3.63, 3.8) is 0 Å². The minimum Gasteiger partial charge on any atom is -0.342 e. The fraction of sp³-hybridized carbons (Fsp3) is 0.500. The first-order valence-corrected chi connectivity index (χ1v) is 5.66. The summed E-state index contributed by atoms with van der Waals surface area (Å²) in [6, 6.07) is 3.77. The Morgan fingerprint density at radius 2 is 2.25 bits per heavy atom. The van der Waals surface area contributed by atoms with Gasteiger partial charge in [0.25, 0.3) is 0 Å². The molecule has 2 N–H and O–H groups in total. The van der Waals surface area contributed by atoms with Gasteiger partial charge in [-0.05, 0) is 36.6 Å². The van der Waals surface area contributed by atoms with Crippen LogP contribution in [0.4, 0.5) is 0 Å². The average molecular weight is 219 g/mol. The molecule has 1 aliphatic heterocycles. The molecule has 1 atom stereocenters. The van der Waals surface area contributed by atoms with Crippen LogP contribution in [0.1, 0.15) is 12.0 Å². The number of carbonyl (C=O) groups excluding carboxylic acids is 1. The van der Waals surface area contributed by atoms with E-state index >= 15 is 0 Å². The molecule has 0 aromatic carbocycles. The SMILES string of the molecule is NCC1CCN(C(=O)Cc2ccncc2)C1. The van der Waals surface area contributed by atoms with Crippen molar-refractivity contribution in [2.75, 3.05) is 19.6 Å². The fourth-order valence-electron chi connectivity index (χ4n) is 2.04. The van der Waals surface area contributed by atoms with E-state index in [-0.39, 0.29) is 5.91 Å². The summed E-state index contributed by atoms with van der Waals surface area (Å²) in [5.41, 5.74) is 6.63. The molecule has 0 saturated carbocycles. The topological polar surface area (TPSA) is 59.2 Å². The Hall–Kier alpha value is -1.42. The molecule has 1 saturated heterocycles. The highest BCUT2D eigenvalue weighted by Gasteiger charge is 2.24. The van der Waals surface area contributed by atoms with E-state index in [1.807, 2.05) is 17.0 Å². The van der Waals surface area contributed by atoms with Crippen LogP contribution in [0.3, 0.4) is 0 Å². The van der Waals surface area contributed by atoms with Crippen molar-refractivity contribution in [1.82, 2.24) is 9.88 Å². The first-order chi connectivity index (χ1) is 7.79. The Labute approximate surface area is 95.5 Å². The number of likely N-dealkylation sites (tertiary alicyclic amines) is 1. The molecular formula is C12H17N3O. The summed E-state index contributed by atoms with van der Waals surface area (Å²) in [5, 5.41) is 0. The van der Waals surface area contributed by atoms with Gasteiger partial charge in [-0.1, -0.05) is 0 Å². The van der Waals surface area contributed by atoms with E-state index in [0.717, 1.165) is 25.1 Å². The zero-order chi connectivity index (χ0) is 11.4. The van der Waals surface area contributed by atoms with Crippen molar-refractivity contribution >= 4 is 5.91 Å². The minimum absolute atomic E-state index is 0.196. The largest absolute Gasteiger partial charge is 0.342 e. The second-order valence-corrected chi connectivity index (χ2v) is 4.26. The number of nitrogens with two attached hydrogens (primary N) is 1. The summed E-state index contributed by atoms with van der Waals surface area (Å²) < 4.78 is 0. The van der Waals surface area contributed by atoms with Crippen molar-refractivity contribution in [3.05, 3.63) is 30.1 Å². The van der Waals surface area contributed by atoms with E-state index in [2.05, 4.69) is 4.98 Å². The second kappa shape index (κ2) is 5.07. The summed E-state index contributed by atoms with van der Waals surface area (Å²) in [7, 11) is 0. The quantitative estimate of drug-likeness (QED) is 0.802. The van der Waals surface area contributed by atoms with Gasteiger partial charge >= 0.3 is 0 Å². The average Bonchev–Trinajstić information content (AvgIpc) is 2.79. The van der Waals surface area contributed by atoms with Gasteiger partial charge in [-0.15, -0.1) is 0 Å². The van der Waals surface area contributed by atoms with E-state index in [1.54, 1.807) is 12.4 Å². The third-order valence-electron chi connectivity index (χ3n) is 3.08. The van der Waals surface area contributed by atoms with E-state index in [1.165, 1.54) is 0 Å². The molecule has 0 bridgehead atoms. The van der Waals surface area contributed by atoms with E-state index in [0.29, 0.717) is 18.9 Å². The molecule has 1 aromatic heterocycles. The lowest BCUT2D eigenvalue weighted by molar-refractivity contribution is -0.129. The fourth-order valence-corrected chi connectivity index (χ4v) is 2.04. The molecular weight excluding hydrogens is 202 g/mol. The Bertz CT molecular complexity index is 353. The minimum atomic E-state index is 0.196. The predicted molar refractivity (Wildman–Crippen MR) is 61.7 cm³/mol. The number of carbonyl (C=O) groups is 1. The molecule has 4 nitrogen and oxygen atoms in total. The van der Waals surface area contributed by atoms with Gasteiger partial charge in [-0.2, -0.15) is 0 Å². The Morgan fingerprint density at radius 1 is 1.50 bits per heavy atom. The summed E-state index contributed by atoms with van der Waals surface area (Å²) >= 11 is 0. The summed E-state index contributed by atoms with van der Waals surface area (Å²) in [6.45, 7) is 2.35. The molecule has 86 valence electrons. The lowest BCUT2D eigenvalue weighted by Gasteiger charge is -2.16. The van der Waals surface area contributed by atoms with Crippen molar-refractivity contribution < 1.29 is 4.79 Å². The van der Waals surface area contributed by atoms with Gasteiger partial charge in [0.1, 0.15) is 0 Å². The van der Waals surface area contributed by atoms with Crippen molar-refractivity contribution in [3.8, 4) is 0 Å². The van der Waals surface area contributed by atoms with Crippen molar-refractivity contribution in [1.29, 1.82) is 0 Å². The van der Waals surface area contributed by atoms with Crippen molar-refractivity contribution in [2.45, 2.75) is 12.8 Å². The highest BCUT2D eigenvalue weighted by atomic mass is 16.2. The Morgan fingerprint density at radius 3 is 2.88 bits per heavy atom. The standard InChI is InChI=1S/C12H17N3O/c13-8-11-3-6-15(9-11)12(16)7-10-1-4-14-5-2-10/h1-2,4-5,11H,3,6-9,13H2. The van der Waals surface area contributed by atoms with Crippen LogP contribution in [0.2, 0.25) is 0 Å². The van der Waals surface area contributed by atoms with Crippen LogP contribution in [0, 0.1) is 5.92 Å². The third kappa shape index (κ3) is 2.58. The second-order valence-electron chi connectivity index (χ2n) is 4.26. The predicted octanol–water partition coefficient (Wildman–Crippen LogP) is 0.431. The van der Waals surface area contributed by atoms with Gasteiger partial charge in [-0.3, -0.25) is 9.78 Å². The molecule has 1 unspecified atom stereocenters. The molecule has 1 amide bonds. The lowest BCUT2D eigenvalue weighted by atomic mass is 10.1. The maximum absolute atomic E-state index is 11.9. The molecule has 0 radical (unpaired) electrons. The van der Waals surface area contributed by atoms with E-state index in [9.17, 15) is 4.79 Å². The number of amides is 1. The highest BCUT2D eigenvalue weighted by Crippen LogP contribution is 2.15. The van der Waals surface area contributed by atoms with Crippen molar-refractivity contribution in [2.24, 2.45) is 11.7 Å². The van der Waals surface area contributed by atoms with Crippen LogP contribution in [-0.4, -0.2) is 35.4 Å². The number of aromatic nitrogens is 1. The van der Waals surface area contributed by atoms with Crippen LogP contribution >= 0.6 is 0 Å². The molecule has 0 spiro atoms. The Kier molecular flexibility index (Phi) is 3.51. The molecule has 0 aliphatic carbocycles. The monoisotopic (exact) mass is 219 g/mol. The number of nitrogens with zero attached hydrogens (tertiary/aromatic N) is 2. The van der Waals surface area contributed by atoms with Crippen LogP contribution in [0.15, 0.2) is 24.5 Å². The molecule has 16 heavy (non-hydrogen) atoms. The zero-order valence-electron chi connectivity index (χ0n) is 9.30. The van der Waals surface area contributed by atoms with E-state index in [4.69, 9.17) is 5.73 Å². The zero-order valence-corrected chi connectivity index (χ0v) is 9.30. The van der Waals surface area contributed by atoms with Crippen LogP contribution in [0.25, 0.3) is 0 Å². The number of rotatable bonds is 3. The molecule has 2 heterocycles. The molecule has 1 fully saturated rings. The van der Waals surface area contributed by atoms with Crippen LogP contribution in [0.5, 0.6) is 0 Å². The summed E-state index contributed by atoms with van der Waals surface area (Å²) in [6.07, 6.45) is 4.95. The van der Waals surface area contributed by atoms with Gasteiger partial charge < -0.3 is 10.6 Å². The van der Waals surface area contributed by atoms with Crippen LogP contribution < -0.4 is 5.73 Å². The maximum Gasteiger partial charge on any atom is 0.227 e. The summed E-state index contributed by atoms with van der Waals surface area (Å²) in [4.78, 5) is 17.8. The van der Waals surface area contributed by atoms with Gasteiger partial charge in [0.15, 0.2) is 0 Å². The van der Waals surface area contributed by atoms with Crippen LogP contribution in [-0.2, 0) is 11.2 Å². The molecule has 4 heteroatoms. The summed E-state index contributed by atoms with van der Waals surface area (Å²) in [5.74, 6) is 0.684.